The van der Waals surface area contributed by atoms with Crippen LogP contribution in [0.25, 0.3) is 11.1 Å². The van der Waals surface area contributed by atoms with Crippen LogP contribution in [0.2, 0.25) is 0 Å². The smallest absolute Gasteiger partial charge is 0.407 e. The lowest BCUT2D eigenvalue weighted by Gasteiger charge is -2.25. The lowest BCUT2D eigenvalue weighted by molar-refractivity contribution is -0.141. The highest BCUT2D eigenvalue weighted by atomic mass is 16.5. The van der Waals surface area contributed by atoms with Gasteiger partial charge in [0.05, 0.1) is 18.6 Å². The molecule has 0 fully saturated rings. The van der Waals surface area contributed by atoms with Gasteiger partial charge in [-0.05, 0) is 41.2 Å². The molecule has 3 aromatic rings. The van der Waals surface area contributed by atoms with Gasteiger partial charge in [-0.15, -0.1) is 0 Å². The molecule has 0 bridgehead atoms. The van der Waals surface area contributed by atoms with E-state index in [2.05, 4.69) is 22.8 Å². The number of carboxylic acids is 1. The summed E-state index contributed by atoms with van der Waals surface area (Å²) in [4.78, 5) is 37.1. The van der Waals surface area contributed by atoms with Crippen LogP contribution in [0.15, 0.2) is 78.9 Å². The summed E-state index contributed by atoms with van der Waals surface area (Å²) in [7, 11) is 0. The fourth-order valence-corrected chi connectivity index (χ4v) is 4.71. The number of hydrogen-bond donors (Lipinski definition) is 3. The van der Waals surface area contributed by atoms with E-state index in [1.807, 2.05) is 66.7 Å². The van der Waals surface area contributed by atoms with Crippen molar-refractivity contribution in [1.82, 2.24) is 10.6 Å². The standard InChI is InChI=1S/C31H34N2O6/c1-20(30(35)36)16-17-32-29(34)28(21(2)38-18-22-10-4-3-5-11-22)33-31(37)39-19-27-25-14-8-6-12-23(25)24-13-7-9-15-26(24)27/h3-15,20-21,27-28H,16-19H2,1-2H3,(H,32,34)(H,33,37)(H,35,36)/t20?,21-,28+/m0/s1. The molecular formula is C31H34N2O6. The molecule has 0 saturated carbocycles. The second-order valence-corrected chi connectivity index (χ2v) is 9.77. The van der Waals surface area contributed by atoms with Crippen molar-refractivity contribution in [1.29, 1.82) is 0 Å². The summed E-state index contributed by atoms with van der Waals surface area (Å²) in [6.45, 7) is 3.81. The number of carboxylic acid groups (broad SMARTS) is 1. The van der Waals surface area contributed by atoms with Crippen LogP contribution in [0.1, 0.15) is 42.9 Å². The molecule has 4 rings (SSSR count). The normalized spacial score (nSPS) is 14.4. The van der Waals surface area contributed by atoms with Gasteiger partial charge in [-0.2, -0.15) is 0 Å². The van der Waals surface area contributed by atoms with Gasteiger partial charge in [0.1, 0.15) is 12.6 Å². The van der Waals surface area contributed by atoms with E-state index in [-0.39, 0.29) is 32.1 Å². The van der Waals surface area contributed by atoms with Gasteiger partial charge in [0, 0.05) is 12.5 Å². The summed E-state index contributed by atoms with van der Waals surface area (Å²) < 4.78 is 11.6. The van der Waals surface area contributed by atoms with E-state index >= 15 is 0 Å². The Balaban J connectivity index is 1.40. The monoisotopic (exact) mass is 530 g/mol. The molecule has 0 heterocycles. The minimum Gasteiger partial charge on any atom is -0.481 e. The van der Waals surface area contributed by atoms with E-state index < -0.39 is 36.0 Å². The van der Waals surface area contributed by atoms with Crippen molar-refractivity contribution in [2.75, 3.05) is 13.2 Å². The Bertz CT molecular complexity index is 1250. The Kier molecular flexibility index (Phi) is 9.33. The number of rotatable bonds is 12. The number of fused-ring (bicyclic) bond motifs is 3. The van der Waals surface area contributed by atoms with Crippen molar-refractivity contribution >= 4 is 18.0 Å². The average molecular weight is 531 g/mol. The molecule has 0 radical (unpaired) electrons. The zero-order valence-corrected chi connectivity index (χ0v) is 22.1. The number of nitrogens with one attached hydrogen (secondary N) is 2. The van der Waals surface area contributed by atoms with Gasteiger partial charge in [-0.1, -0.05) is 85.8 Å². The number of alkyl carbamates (subject to hydrolysis) is 1. The second-order valence-electron chi connectivity index (χ2n) is 9.77. The Morgan fingerprint density at radius 1 is 0.872 bits per heavy atom. The fourth-order valence-electron chi connectivity index (χ4n) is 4.71. The molecule has 1 unspecified atom stereocenters. The van der Waals surface area contributed by atoms with Crippen LogP contribution in [0, 0.1) is 5.92 Å². The van der Waals surface area contributed by atoms with Crippen molar-refractivity contribution in [2.45, 2.75) is 44.9 Å². The van der Waals surface area contributed by atoms with Crippen LogP contribution in [0.4, 0.5) is 4.79 Å². The maximum Gasteiger partial charge on any atom is 0.407 e. The molecule has 0 saturated heterocycles. The first-order valence-corrected chi connectivity index (χ1v) is 13.1. The highest BCUT2D eigenvalue weighted by Gasteiger charge is 2.31. The van der Waals surface area contributed by atoms with Gasteiger partial charge < -0.3 is 25.2 Å². The third-order valence-electron chi connectivity index (χ3n) is 7.02. The number of carbonyl (C=O) groups excluding carboxylic acids is 2. The molecule has 3 N–H and O–H groups in total. The summed E-state index contributed by atoms with van der Waals surface area (Å²) in [6.07, 6.45) is -1.15. The van der Waals surface area contributed by atoms with Crippen molar-refractivity contribution in [3.63, 3.8) is 0 Å². The fraction of sp³-hybridized carbons (Fsp3) is 0.323. The van der Waals surface area contributed by atoms with Crippen LogP contribution in [0.3, 0.4) is 0 Å². The predicted octanol–water partition coefficient (Wildman–Crippen LogP) is 4.73. The predicted molar refractivity (Wildman–Crippen MR) is 147 cm³/mol. The molecule has 0 aromatic heterocycles. The average Bonchev–Trinajstić information content (AvgIpc) is 3.27. The van der Waals surface area contributed by atoms with Crippen LogP contribution in [0.5, 0.6) is 0 Å². The molecule has 0 aliphatic heterocycles. The van der Waals surface area contributed by atoms with Gasteiger partial charge >= 0.3 is 12.1 Å². The van der Waals surface area contributed by atoms with Crippen molar-refractivity contribution in [3.8, 4) is 11.1 Å². The topological polar surface area (TPSA) is 114 Å². The van der Waals surface area contributed by atoms with E-state index in [4.69, 9.17) is 14.6 Å². The Hall–Kier alpha value is -4.17. The number of ether oxygens (including phenoxy) is 2. The van der Waals surface area contributed by atoms with E-state index in [1.54, 1.807) is 13.8 Å². The summed E-state index contributed by atoms with van der Waals surface area (Å²) in [5.41, 5.74) is 5.36. The summed E-state index contributed by atoms with van der Waals surface area (Å²) >= 11 is 0. The summed E-state index contributed by atoms with van der Waals surface area (Å²) in [5.74, 6) is -2.12. The van der Waals surface area contributed by atoms with Gasteiger partial charge in [0.2, 0.25) is 5.91 Å². The zero-order chi connectivity index (χ0) is 27.8. The minimum absolute atomic E-state index is 0.111. The van der Waals surface area contributed by atoms with Crippen molar-refractivity contribution < 1.29 is 29.0 Å². The summed E-state index contributed by atoms with van der Waals surface area (Å²) in [6, 6.07) is 24.6. The van der Waals surface area contributed by atoms with Gasteiger partial charge in [-0.3, -0.25) is 9.59 Å². The molecule has 3 aromatic carbocycles. The SMILES string of the molecule is CC(CCNC(=O)[C@H](NC(=O)OCC1c2ccccc2-c2ccccc21)[C@H](C)OCc1ccccc1)C(=O)O. The molecule has 204 valence electrons. The molecular weight excluding hydrogens is 496 g/mol. The first kappa shape index (κ1) is 27.9. The van der Waals surface area contributed by atoms with Crippen molar-refractivity contribution in [2.24, 2.45) is 5.92 Å². The molecule has 8 nitrogen and oxygen atoms in total. The van der Waals surface area contributed by atoms with E-state index in [0.29, 0.717) is 0 Å². The summed E-state index contributed by atoms with van der Waals surface area (Å²) in [5, 5.41) is 14.5. The molecule has 1 aliphatic rings. The number of carbonyl (C=O) groups is 3. The lowest BCUT2D eigenvalue weighted by Crippen LogP contribution is -2.53. The van der Waals surface area contributed by atoms with Crippen LogP contribution >= 0.6 is 0 Å². The molecule has 2 amide bonds. The Morgan fingerprint density at radius 3 is 2.08 bits per heavy atom. The number of hydrogen-bond acceptors (Lipinski definition) is 5. The Labute approximate surface area is 228 Å². The molecule has 0 spiro atoms. The first-order valence-electron chi connectivity index (χ1n) is 13.1. The highest BCUT2D eigenvalue weighted by Crippen LogP contribution is 2.44. The van der Waals surface area contributed by atoms with Gasteiger partial charge in [0.25, 0.3) is 0 Å². The minimum atomic E-state index is -1.04. The third-order valence-corrected chi connectivity index (χ3v) is 7.02. The largest absolute Gasteiger partial charge is 0.481 e. The van der Waals surface area contributed by atoms with Crippen LogP contribution in [-0.4, -0.2) is 48.4 Å². The van der Waals surface area contributed by atoms with E-state index in [9.17, 15) is 14.4 Å². The number of aliphatic carboxylic acids is 1. The number of benzene rings is 3. The zero-order valence-electron chi connectivity index (χ0n) is 22.1. The maximum absolute atomic E-state index is 13.1. The molecule has 39 heavy (non-hydrogen) atoms. The van der Waals surface area contributed by atoms with Crippen molar-refractivity contribution in [3.05, 3.63) is 95.6 Å². The molecule has 1 aliphatic carbocycles. The third kappa shape index (κ3) is 7.03. The number of amides is 2. The quantitative estimate of drug-likeness (QED) is 0.312. The van der Waals surface area contributed by atoms with E-state index in [0.717, 1.165) is 27.8 Å². The Morgan fingerprint density at radius 2 is 1.46 bits per heavy atom. The van der Waals surface area contributed by atoms with E-state index in [1.165, 1.54) is 0 Å². The maximum atomic E-state index is 13.1. The van der Waals surface area contributed by atoms with Gasteiger partial charge in [-0.25, -0.2) is 4.79 Å². The second kappa shape index (κ2) is 13.1. The lowest BCUT2D eigenvalue weighted by atomic mass is 9.98. The van der Waals surface area contributed by atoms with Crippen LogP contribution in [-0.2, 0) is 25.7 Å². The first-order chi connectivity index (χ1) is 18.8. The van der Waals surface area contributed by atoms with Gasteiger partial charge in [0.15, 0.2) is 0 Å². The highest BCUT2D eigenvalue weighted by molar-refractivity contribution is 5.86. The molecule has 8 heteroatoms. The van der Waals surface area contributed by atoms with Crippen LogP contribution < -0.4 is 10.6 Å². The molecule has 3 atom stereocenters.